The highest BCUT2D eigenvalue weighted by Crippen LogP contribution is 2.35. The molecule has 5 heterocycles. The molecule has 17 heteroatoms. The number of nitrogens with one attached hydrogen (secondary N) is 3. The summed E-state index contributed by atoms with van der Waals surface area (Å²) in [7, 11) is 1.80. The maximum atomic E-state index is 13.2. The molecule has 302 valence electrons. The summed E-state index contributed by atoms with van der Waals surface area (Å²) in [4.78, 5) is 88.6. The number of nitrogens with zero attached hydrogens (tertiary/aromatic N) is 5. The summed E-state index contributed by atoms with van der Waals surface area (Å²) in [5.41, 5.74) is 5.98. The molecule has 3 N–H and O–H groups in total. The topological polar surface area (TPSA) is 194 Å². The van der Waals surface area contributed by atoms with Crippen LogP contribution in [0.15, 0.2) is 73.2 Å². The number of carbonyl (C=O) groups excluding carboxylic acids is 6. The van der Waals surface area contributed by atoms with Gasteiger partial charge in [-0.15, -0.1) is 11.3 Å². The molecule has 3 aliphatic heterocycles. The SMILES string of the molecule is Cc1sc(C(=O)NCc2cccc(OCCOCCNc3ccc4c(c3)C(=O)N(C3CCC(=O)NC3=O)C4=O)c2)nc1-c1ccc2c(c1)CCN2C(=O)c1cncn1C. The minimum atomic E-state index is -1.01. The number of imide groups is 2. The van der Waals surface area contributed by atoms with Crippen LogP contribution in [0.25, 0.3) is 11.3 Å². The van der Waals surface area contributed by atoms with Gasteiger partial charge in [0.2, 0.25) is 11.8 Å². The molecule has 3 aliphatic rings. The van der Waals surface area contributed by atoms with E-state index in [0.29, 0.717) is 55.0 Å². The van der Waals surface area contributed by atoms with Crippen LogP contribution in [-0.4, -0.2) is 93.8 Å². The minimum absolute atomic E-state index is 0.0591. The van der Waals surface area contributed by atoms with Crippen LogP contribution < -0.4 is 25.6 Å². The van der Waals surface area contributed by atoms with E-state index in [9.17, 15) is 28.8 Å². The summed E-state index contributed by atoms with van der Waals surface area (Å²) < 4.78 is 13.3. The number of rotatable bonds is 14. The molecule has 0 radical (unpaired) electrons. The highest BCUT2D eigenvalue weighted by molar-refractivity contribution is 7.14. The van der Waals surface area contributed by atoms with Crippen LogP contribution in [-0.2, 0) is 34.3 Å². The first kappa shape index (κ1) is 39.1. The van der Waals surface area contributed by atoms with Crippen molar-refractivity contribution in [2.24, 2.45) is 7.05 Å². The number of hydrogen-bond donors (Lipinski definition) is 3. The molecule has 2 aromatic heterocycles. The van der Waals surface area contributed by atoms with Crippen LogP contribution in [0.2, 0.25) is 0 Å². The molecule has 0 spiro atoms. The lowest BCUT2D eigenvalue weighted by Crippen LogP contribution is -2.54. The molecular weight excluding hydrogens is 777 g/mol. The van der Waals surface area contributed by atoms with Crippen LogP contribution >= 0.6 is 11.3 Å². The molecule has 16 nitrogen and oxygen atoms in total. The average molecular weight is 817 g/mol. The van der Waals surface area contributed by atoms with Crippen LogP contribution in [0.5, 0.6) is 5.75 Å². The Kier molecular flexibility index (Phi) is 11.0. The summed E-state index contributed by atoms with van der Waals surface area (Å²) in [6, 6.07) is 17.2. The Morgan fingerprint density at radius 1 is 0.966 bits per heavy atom. The molecule has 0 saturated carbocycles. The molecule has 3 aromatic carbocycles. The smallest absolute Gasteiger partial charge is 0.280 e. The van der Waals surface area contributed by atoms with Crippen molar-refractivity contribution in [3.8, 4) is 17.0 Å². The fourth-order valence-corrected chi connectivity index (χ4v) is 8.25. The van der Waals surface area contributed by atoms with E-state index in [0.717, 1.165) is 44.3 Å². The number of imidazole rings is 1. The number of hydrogen-bond acceptors (Lipinski definition) is 12. The first-order valence-corrected chi connectivity index (χ1v) is 19.9. The molecule has 59 heavy (non-hydrogen) atoms. The van der Waals surface area contributed by atoms with E-state index >= 15 is 0 Å². The van der Waals surface area contributed by atoms with Gasteiger partial charge in [0.25, 0.3) is 23.6 Å². The third-order valence-electron chi connectivity index (χ3n) is 10.4. The van der Waals surface area contributed by atoms with E-state index in [2.05, 4.69) is 27.0 Å². The second-order valence-electron chi connectivity index (χ2n) is 14.3. The fourth-order valence-electron chi connectivity index (χ4n) is 7.40. The molecule has 1 atom stereocenters. The Morgan fingerprint density at radius 3 is 2.63 bits per heavy atom. The van der Waals surface area contributed by atoms with Crippen LogP contribution in [0.3, 0.4) is 0 Å². The van der Waals surface area contributed by atoms with E-state index in [1.807, 2.05) is 43.3 Å². The Balaban J connectivity index is 0.768. The molecule has 0 aliphatic carbocycles. The number of aromatic nitrogens is 3. The first-order chi connectivity index (χ1) is 28.5. The molecule has 1 unspecified atom stereocenters. The van der Waals surface area contributed by atoms with Gasteiger partial charge in [-0.05, 0) is 73.4 Å². The van der Waals surface area contributed by atoms with E-state index in [4.69, 9.17) is 14.5 Å². The number of piperidine rings is 1. The van der Waals surface area contributed by atoms with Gasteiger partial charge in [-0.1, -0.05) is 18.2 Å². The van der Waals surface area contributed by atoms with Gasteiger partial charge in [-0.25, -0.2) is 9.97 Å². The summed E-state index contributed by atoms with van der Waals surface area (Å²) in [5, 5.41) is 8.69. The first-order valence-electron chi connectivity index (χ1n) is 19.1. The number of benzene rings is 3. The number of ether oxygens (including phenoxy) is 2. The lowest BCUT2D eigenvalue weighted by Gasteiger charge is -2.27. The van der Waals surface area contributed by atoms with Gasteiger partial charge in [-0.2, -0.15) is 0 Å². The van der Waals surface area contributed by atoms with Crippen LogP contribution in [0.4, 0.5) is 11.4 Å². The third-order valence-corrected chi connectivity index (χ3v) is 11.4. The third kappa shape index (κ3) is 8.06. The standard InChI is InChI=1S/C42H40N8O8S/c1-24-36(27-6-9-32-26(19-27)12-14-49(32)42(56)34-22-43-23-48(34)2)47-39(59-24)38(53)45-21-25-4-3-5-29(18-25)58-17-16-57-15-13-44-28-7-8-30-31(20-28)41(55)50(40(30)54)33-10-11-35(51)46-37(33)52/h3-9,18-20,22-23,33,44H,10-17,21H2,1-2H3,(H,45,53)(H,46,51,52). The predicted octanol–water partition coefficient (Wildman–Crippen LogP) is 3.89. The Morgan fingerprint density at radius 2 is 1.81 bits per heavy atom. The summed E-state index contributed by atoms with van der Waals surface area (Å²) in [5.74, 6) is -1.92. The fraction of sp³-hybridized carbons (Fsp3) is 0.286. The zero-order valence-electron chi connectivity index (χ0n) is 32.3. The second kappa shape index (κ2) is 16.6. The number of amides is 6. The van der Waals surface area contributed by atoms with Gasteiger partial charge in [0, 0.05) is 54.9 Å². The zero-order chi connectivity index (χ0) is 41.2. The number of aryl methyl sites for hydroxylation is 2. The maximum absolute atomic E-state index is 13.2. The predicted molar refractivity (Wildman–Crippen MR) is 216 cm³/mol. The lowest BCUT2D eigenvalue weighted by molar-refractivity contribution is -0.136. The van der Waals surface area contributed by atoms with Gasteiger partial charge < -0.3 is 29.6 Å². The molecule has 1 fully saturated rings. The van der Waals surface area contributed by atoms with Crippen molar-refractivity contribution >= 4 is 58.2 Å². The molecule has 1 saturated heterocycles. The normalized spacial score (nSPS) is 15.9. The molecule has 6 amide bonds. The summed E-state index contributed by atoms with van der Waals surface area (Å²) in [6.45, 7) is 4.19. The van der Waals surface area contributed by atoms with Gasteiger partial charge in [-0.3, -0.25) is 39.0 Å². The zero-order valence-corrected chi connectivity index (χ0v) is 33.1. The molecule has 0 bridgehead atoms. The van der Waals surface area contributed by atoms with Crippen molar-refractivity contribution < 1.29 is 38.2 Å². The number of thiazole rings is 1. The van der Waals surface area contributed by atoms with Crippen molar-refractivity contribution in [3.63, 3.8) is 0 Å². The van der Waals surface area contributed by atoms with Crippen molar-refractivity contribution in [3.05, 3.63) is 111 Å². The number of anilines is 2. The van der Waals surface area contributed by atoms with Gasteiger partial charge in [0.1, 0.15) is 24.1 Å². The molecule has 5 aromatic rings. The van der Waals surface area contributed by atoms with Crippen LogP contribution in [0, 0.1) is 6.92 Å². The van der Waals surface area contributed by atoms with Crippen LogP contribution in [0.1, 0.15) is 69.9 Å². The average Bonchev–Trinajstić information content (AvgIpc) is 4.01. The number of carbonyl (C=O) groups is 6. The molecule has 8 rings (SSSR count). The Labute approximate surface area is 342 Å². The maximum Gasteiger partial charge on any atom is 0.280 e. The Hall–Kier alpha value is -6.72. The highest BCUT2D eigenvalue weighted by Gasteiger charge is 2.44. The van der Waals surface area contributed by atoms with E-state index in [-0.39, 0.29) is 42.3 Å². The van der Waals surface area contributed by atoms with E-state index in [1.165, 1.54) is 11.3 Å². The second-order valence-corrected chi connectivity index (χ2v) is 15.5. The van der Waals surface area contributed by atoms with Gasteiger partial charge >= 0.3 is 0 Å². The summed E-state index contributed by atoms with van der Waals surface area (Å²) in [6.07, 6.45) is 4.07. The van der Waals surface area contributed by atoms with Crippen molar-refractivity contribution in [2.75, 3.05) is 43.1 Å². The largest absolute Gasteiger partial charge is 0.491 e. The van der Waals surface area contributed by atoms with Gasteiger partial charge in [0.15, 0.2) is 5.01 Å². The quantitative estimate of drug-likeness (QED) is 0.109. The minimum Gasteiger partial charge on any atom is -0.491 e. The molecular formula is C42H40N8O8S. The highest BCUT2D eigenvalue weighted by atomic mass is 32.1. The van der Waals surface area contributed by atoms with E-state index < -0.39 is 29.7 Å². The van der Waals surface area contributed by atoms with Gasteiger partial charge in [0.05, 0.1) is 42.6 Å². The van der Waals surface area contributed by atoms with Crippen molar-refractivity contribution in [2.45, 2.75) is 38.8 Å². The van der Waals surface area contributed by atoms with E-state index in [1.54, 1.807) is 47.2 Å². The summed E-state index contributed by atoms with van der Waals surface area (Å²) >= 11 is 1.33. The van der Waals surface area contributed by atoms with Crippen molar-refractivity contribution in [1.82, 2.24) is 30.1 Å². The monoisotopic (exact) mass is 816 g/mol. The van der Waals surface area contributed by atoms with Crippen molar-refractivity contribution in [1.29, 1.82) is 0 Å². The number of fused-ring (bicyclic) bond motifs is 2. The Bertz CT molecular complexity index is 2510. The lowest BCUT2D eigenvalue weighted by atomic mass is 10.0.